The minimum atomic E-state index is -0.718. The van der Waals surface area contributed by atoms with Gasteiger partial charge in [-0.05, 0) is 121 Å². The van der Waals surface area contributed by atoms with E-state index < -0.39 is 11.9 Å². The molecule has 0 heterocycles. The van der Waals surface area contributed by atoms with Gasteiger partial charge in [-0.1, -0.05) is 162 Å². The van der Waals surface area contributed by atoms with Gasteiger partial charge in [-0.15, -0.1) is 0 Å². The van der Waals surface area contributed by atoms with Crippen LogP contribution in [0.2, 0.25) is 0 Å². The fraction of sp³-hybridized carbons (Fsp3) is 0.439. The van der Waals surface area contributed by atoms with Crippen molar-refractivity contribution in [1.29, 1.82) is 10.5 Å². The Balaban J connectivity index is 1.17. The van der Waals surface area contributed by atoms with Crippen LogP contribution in [0.1, 0.15) is 138 Å². The van der Waals surface area contributed by atoms with E-state index in [1.165, 1.54) is 72.9 Å². The largest absolute Gasteiger partial charge is 0.445 e. The second kappa shape index (κ2) is 30.0. The Morgan fingerprint density at radius 2 is 0.866 bits per heavy atom. The molecule has 0 aromatic heterocycles. The summed E-state index contributed by atoms with van der Waals surface area (Å²) < 4.78 is 9.53. The molecule has 8 nitrogen and oxygen atoms in total. The van der Waals surface area contributed by atoms with E-state index in [9.17, 15) is 20.1 Å². The van der Waals surface area contributed by atoms with E-state index >= 15 is 0 Å². The van der Waals surface area contributed by atoms with Gasteiger partial charge in [0.15, 0.2) is 12.1 Å². The number of nitrogens with zero attached hydrogens (tertiary/aromatic N) is 4. The Labute approximate surface area is 411 Å². The summed E-state index contributed by atoms with van der Waals surface area (Å²) in [5.74, 6) is -1.44. The van der Waals surface area contributed by atoms with Crippen molar-refractivity contribution in [2.75, 3.05) is 48.1 Å². The number of unbranched alkanes of at least 4 members (excludes halogenated alkanes) is 8. The first kappa shape index (κ1) is 54.1. The monoisotopic (exact) mass is 944 g/mol. The third kappa shape index (κ3) is 18.2. The van der Waals surface area contributed by atoms with E-state index in [0.29, 0.717) is 0 Å². The summed E-state index contributed by atoms with van der Waals surface area (Å²) >= 11 is 11.0. The number of carbonyl (C=O) groups is 2. The second-order valence-corrected chi connectivity index (χ2v) is 18.1. The Morgan fingerprint density at radius 3 is 1.19 bits per heavy atom. The number of alkyl halides is 2. The van der Waals surface area contributed by atoms with Crippen molar-refractivity contribution >= 4 is 58.7 Å². The van der Waals surface area contributed by atoms with Crippen LogP contribution in [-0.2, 0) is 37.3 Å². The van der Waals surface area contributed by atoms with Crippen LogP contribution in [0, 0.1) is 22.7 Å². The molecule has 4 aromatic carbocycles. The number of esters is 2. The highest BCUT2D eigenvalue weighted by atomic mass is 35.5. The lowest BCUT2D eigenvalue weighted by Gasteiger charge is -2.26. The number of carbonyl (C=O) groups excluding carboxylic acids is 2. The van der Waals surface area contributed by atoms with Crippen molar-refractivity contribution in [1.82, 2.24) is 0 Å². The van der Waals surface area contributed by atoms with Gasteiger partial charge in [-0.2, -0.15) is 10.5 Å². The van der Waals surface area contributed by atoms with Crippen LogP contribution >= 0.6 is 23.2 Å². The summed E-state index contributed by atoms with van der Waals surface area (Å²) in [6.45, 7) is 13.1. The van der Waals surface area contributed by atoms with Crippen LogP contribution < -0.4 is 9.80 Å². The predicted molar refractivity (Wildman–Crippen MR) is 277 cm³/mol. The maximum atomic E-state index is 12.0. The van der Waals surface area contributed by atoms with Crippen molar-refractivity contribution in [2.45, 2.75) is 123 Å². The number of halogens is 2. The number of nitriles is 2. The first-order valence-electron chi connectivity index (χ1n) is 24.1. The molecule has 0 unspecified atom stereocenters. The molecule has 4 rings (SSSR count). The predicted octanol–water partition coefficient (Wildman–Crippen LogP) is 14.1. The lowest BCUT2D eigenvalue weighted by Crippen LogP contribution is -2.25. The average Bonchev–Trinajstić information content (AvgIpc) is 3.34. The Bertz CT molecular complexity index is 2080. The number of hydrogen-bond donors (Lipinski definition) is 0. The van der Waals surface area contributed by atoms with Crippen LogP contribution in [0.15, 0.2) is 108 Å². The topological polar surface area (TPSA) is 107 Å². The number of ether oxygens (including phenoxy) is 2. The molecule has 0 aliphatic rings. The number of aryl methyl sites for hydroxylation is 2. The lowest BCUT2D eigenvalue weighted by atomic mass is 9.77. The van der Waals surface area contributed by atoms with Gasteiger partial charge in [0.1, 0.15) is 23.3 Å². The maximum Gasteiger partial charge on any atom is 0.350 e. The van der Waals surface area contributed by atoms with E-state index in [0.717, 1.165) is 100 Å². The minimum absolute atomic E-state index is 0.0719. The van der Waals surface area contributed by atoms with E-state index in [-0.39, 0.29) is 28.7 Å². The normalized spacial score (nSPS) is 11.7. The zero-order chi connectivity index (χ0) is 48.3. The van der Waals surface area contributed by atoms with Gasteiger partial charge in [0.2, 0.25) is 0 Å². The Morgan fingerprint density at radius 1 is 0.522 bits per heavy atom. The molecule has 0 aliphatic carbocycles. The van der Waals surface area contributed by atoms with E-state index in [2.05, 4.69) is 110 Å². The molecule has 0 bridgehead atoms. The standard InChI is InChI=1S/C57H70Cl2N4O4/c1-5-7-35-62(53-31-23-47(24-32-53)39-49(41-60)55(64)66-43-58)37-15-11-9-13-17-45-19-27-51(28-20-45)57(3,4)52-29-21-46(22-30-52)18-14-10-12-16-38-63(36-8-6-2)54-33-25-48(26-34-54)40-50(42-61)56(65)67-44-59/h19-34,39-40H,5-18,35-38,43-44H2,1-4H3. The smallest absolute Gasteiger partial charge is 0.350 e. The van der Waals surface area contributed by atoms with Crippen LogP contribution in [-0.4, -0.2) is 50.2 Å². The molecule has 356 valence electrons. The molecule has 0 saturated carbocycles. The van der Waals surface area contributed by atoms with Crippen molar-refractivity contribution in [3.8, 4) is 12.1 Å². The van der Waals surface area contributed by atoms with Gasteiger partial charge in [0, 0.05) is 43.0 Å². The third-order valence-corrected chi connectivity index (χ3v) is 12.6. The third-order valence-electron chi connectivity index (χ3n) is 12.4. The Kier molecular flexibility index (Phi) is 24.2. The van der Waals surface area contributed by atoms with Crippen LogP contribution in [0.25, 0.3) is 12.2 Å². The van der Waals surface area contributed by atoms with Crippen LogP contribution in [0.5, 0.6) is 0 Å². The SMILES string of the molecule is CCCCN(CCCCCCc1ccc(C(C)(C)c2ccc(CCCCCCN(CCCC)c3ccc(C=C(C#N)C(=O)OCCl)cc3)cc2)cc1)c1ccc(C=C(C#N)C(=O)OCCl)cc1. The summed E-state index contributed by atoms with van der Waals surface area (Å²) in [6.07, 6.45) is 19.1. The van der Waals surface area contributed by atoms with Crippen molar-refractivity contribution < 1.29 is 19.1 Å². The molecule has 0 radical (unpaired) electrons. The van der Waals surface area contributed by atoms with Crippen molar-refractivity contribution in [3.63, 3.8) is 0 Å². The van der Waals surface area contributed by atoms with Crippen molar-refractivity contribution in [2.24, 2.45) is 0 Å². The molecular formula is C57H70Cl2N4O4. The highest BCUT2D eigenvalue weighted by Gasteiger charge is 2.23. The molecule has 67 heavy (non-hydrogen) atoms. The second-order valence-electron chi connectivity index (χ2n) is 17.6. The van der Waals surface area contributed by atoms with Crippen LogP contribution in [0.4, 0.5) is 11.4 Å². The summed E-state index contributed by atoms with van der Waals surface area (Å²) in [5.41, 5.74) is 9.05. The summed E-state index contributed by atoms with van der Waals surface area (Å²) in [7, 11) is 0. The van der Waals surface area contributed by atoms with Gasteiger partial charge >= 0.3 is 11.9 Å². The minimum Gasteiger partial charge on any atom is -0.445 e. The van der Waals surface area contributed by atoms with E-state index in [1.54, 1.807) is 0 Å². The number of rotatable bonds is 30. The average molecular weight is 946 g/mol. The summed E-state index contributed by atoms with van der Waals surface area (Å²) in [4.78, 5) is 28.8. The first-order valence-corrected chi connectivity index (χ1v) is 25.2. The first-order chi connectivity index (χ1) is 32.6. The molecule has 0 amide bonds. The number of hydrogen-bond acceptors (Lipinski definition) is 8. The van der Waals surface area contributed by atoms with E-state index in [4.69, 9.17) is 32.7 Å². The highest BCUT2D eigenvalue weighted by Crippen LogP contribution is 2.32. The quantitative estimate of drug-likeness (QED) is 0.0167. The van der Waals surface area contributed by atoms with E-state index in [1.807, 2.05) is 36.4 Å². The fourth-order valence-corrected chi connectivity index (χ4v) is 8.37. The number of anilines is 2. The molecule has 0 fully saturated rings. The summed E-state index contributed by atoms with van der Waals surface area (Å²) in [5, 5.41) is 18.7. The Hall–Kier alpha value is -5.54. The maximum absolute atomic E-state index is 12.0. The molecule has 0 spiro atoms. The van der Waals surface area contributed by atoms with Crippen molar-refractivity contribution in [3.05, 3.63) is 142 Å². The van der Waals surface area contributed by atoms with Gasteiger partial charge in [-0.3, -0.25) is 0 Å². The number of benzene rings is 4. The lowest BCUT2D eigenvalue weighted by molar-refractivity contribution is -0.137. The van der Waals surface area contributed by atoms with Gasteiger partial charge in [0.25, 0.3) is 0 Å². The van der Waals surface area contributed by atoms with Gasteiger partial charge < -0.3 is 19.3 Å². The zero-order valence-corrected chi connectivity index (χ0v) is 41.7. The van der Waals surface area contributed by atoms with Gasteiger partial charge in [0.05, 0.1) is 0 Å². The highest BCUT2D eigenvalue weighted by molar-refractivity contribution is 6.18. The molecule has 0 aliphatic heterocycles. The zero-order valence-electron chi connectivity index (χ0n) is 40.2. The molecule has 4 aromatic rings. The molecular weight excluding hydrogens is 876 g/mol. The molecule has 0 atom stereocenters. The molecule has 0 saturated heterocycles. The van der Waals surface area contributed by atoms with Crippen LogP contribution in [0.3, 0.4) is 0 Å². The van der Waals surface area contributed by atoms with Gasteiger partial charge in [-0.25, -0.2) is 9.59 Å². The molecule has 0 N–H and O–H groups in total. The summed E-state index contributed by atoms with van der Waals surface area (Å²) in [6, 6.07) is 37.7. The molecule has 10 heteroatoms. The fourth-order valence-electron chi connectivity index (χ4n) is 8.18.